The van der Waals surface area contributed by atoms with Crippen LogP contribution in [0.5, 0.6) is 0 Å². The molecule has 4 nitrogen and oxygen atoms in total. The van der Waals surface area contributed by atoms with Gasteiger partial charge in [-0.15, -0.1) is 10.2 Å². The van der Waals surface area contributed by atoms with E-state index in [9.17, 15) is 5.11 Å². The molecule has 1 aromatic carbocycles. The number of hydrogen-bond acceptors (Lipinski definition) is 4. The molecule has 2 aromatic rings. The van der Waals surface area contributed by atoms with Crippen molar-refractivity contribution in [3.05, 3.63) is 29.4 Å². The molecule has 0 aliphatic carbocycles. The van der Waals surface area contributed by atoms with Crippen LogP contribution < -0.4 is 5.32 Å². The molecule has 1 atom stereocenters. The molecule has 1 aromatic heterocycles. The molecule has 0 saturated heterocycles. The van der Waals surface area contributed by atoms with Crippen molar-refractivity contribution < 1.29 is 5.11 Å². The zero-order valence-corrected chi connectivity index (χ0v) is 11.0. The van der Waals surface area contributed by atoms with E-state index in [4.69, 9.17) is 11.6 Å². The van der Waals surface area contributed by atoms with Crippen molar-refractivity contribution >= 4 is 28.2 Å². The minimum absolute atomic E-state index is 0.274. The molecule has 1 unspecified atom stereocenters. The number of benzene rings is 1. The highest BCUT2D eigenvalue weighted by molar-refractivity contribution is 6.34. The number of fused-ring (bicyclic) bond motifs is 1. The van der Waals surface area contributed by atoms with Gasteiger partial charge in [-0.05, 0) is 12.8 Å². The molecular weight excluding hydrogens is 250 g/mol. The van der Waals surface area contributed by atoms with E-state index in [1.165, 1.54) is 0 Å². The first-order chi connectivity index (χ1) is 8.72. The largest absolute Gasteiger partial charge is 0.393 e. The van der Waals surface area contributed by atoms with Gasteiger partial charge in [-0.2, -0.15) is 0 Å². The van der Waals surface area contributed by atoms with Gasteiger partial charge in [0.25, 0.3) is 0 Å². The molecule has 2 N–H and O–H groups in total. The molecule has 0 spiro atoms. The zero-order valence-electron chi connectivity index (χ0n) is 10.2. The lowest BCUT2D eigenvalue weighted by Crippen LogP contribution is -2.13. The first-order valence-corrected chi connectivity index (χ1v) is 6.43. The van der Waals surface area contributed by atoms with Crippen LogP contribution in [0.15, 0.2) is 24.3 Å². The molecule has 0 fully saturated rings. The van der Waals surface area contributed by atoms with Crippen LogP contribution in [0.25, 0.3) is 10.8 Å². The van der Waals surface area contributed by atoms with Crippen LogP contribution in [-0.2, 0) is 0 Å². The third-order valence-electron chi connectivity index (χ3n) is 2.88. The number of nitrogens with one attached hydrogen (secondary N) is 1. The Kier molecular flexibility index (Phi) is 4.33. The Hall–Kier alpha value is -1.39. The van der Waals surface area contributed by atoms with Crippen LogP contribution in [0.1, 0.15) is 19.8 Å². The Morgan fingerprint density at radius 2 is 2.00 bits per heavy atom. The van der Waals surface area contributed by atoms with Crippen molar-refractivity contribution in [2.45, 2.75) is 25.9 Å². The highest BCUT2D eigenvalue weighted by Crippen LogP contribution is 2.25. The van der Waals surface area contributed by atoms with Crippen LogP contribution in [0.4, 0.5) is 5.82 Å². The number of nitrogens with zero attached hydrogens (tertiary/aromatic N) is 2. The van der Waals surface area contributed by atoms with E-state index in [0.717, 1.165) is 17.2 Å². The molecule has 5 heteroatoms. The van der Waals surface area contributed by atoms with Crippen molar-refractivity contribution in [3.63, 3.8) is 0 Å². The topological polar surface area (TPSA) is 58.0 Å². The van der Waals surface area contributed by atoms with Gasteiger partial charge < -0.3 is 10.4 Å². The summed E-state index contributed by atoms with van der Waals surface area (Å²) in [4.78, 5) is 0. The maximum Gasteiger partial charge on any atom is 0.159 e. The molecule has 0 saturated carbocycles. The van der Waals surface area contributed by atoms with Crippen molar-refractivity contribution in [3.8, 4) is 0 Å². The second-order valence-electron chi connectivity index (χ2n) is 4.16. The van der Waals surface area contributed by atoms with E-state index in [2.05, 4.69) is 15.5 Å². The second-order valence-corrected chi connectivity index (χ2v) is 4.52. The normalized spacial score (nSPS) is 12.6. The minimum atomic E-state index is -0.274. The molecule has 18 heavy (non-hydrogen) atoms. The van der Waals surface area contributed by atoms with Gasteiger partial charge in [-0.25, -0.2) is 0 Å². The minimum Gasteiger partial charge on any atom is -0.393 e. The van der Waals surface area contributed by atoms with E-state index < -0.39 is 0 Å². The van der Waals surface area contributed by atoms with Crippen molar-refractivity contribution in [2.75, 3.05) is 11.9 Å². The summed E-state index contributed by atoms with van der Waals surface area (Å²) in [6.45, 7) is 2.62. The average Bonchev–Trinajstić information content (AvgIpc) is 2.41. The summed E-state index contributed by atoms with van der Waals surface area (Å²) >= 11 is 5.99. The average molecular weight is 266 g/mol. The van der Waals surface area contributed by atoms with E-state index in [0.29, 0.717) is 23.9 Å². The van der Waals surface area contributed by atoms with E-state index in [1.54, 1.807) is 0 Å². The summed E-state index contributed by atoms with van der Waals surface area (Å²) in [5.41, 5.74) is 0. The number of aliphatic hydroxyl groups excluding tert-OH is 1. The number of anilines is 1. The van der Waals surface area contributed by atoms with E-state index in [1.807, 2.05) is 31.2 Å². The first-order valence-electron chi connectivity index (χ1n) is 6.05. The Morgan fingerprint density at radius 3 is 2.72 bits per heavy atom. The molecular formula is C13H16ClN3O. The summed E-state index contributed by atoms with van der Waals surface area (Å²) in [7, 11) is 0. The predicted molar refractivity (Wildman–Crippen MR) is 74.0 cm³/mol. The fourth-order valence-corrected chi connectivity index (χ4v) is 1.97. The first kappa shape index (κ1) is 13.1. The zero-order chi connectivity index (χ0) is 13.0. The number of rotatable bonds is 5. The van der Waals surface area contributed by atoms with Crippen LogP contribution in [0, 0.1) is 0 Å². The van der Waals surface area contributed by atoms with Crippen molar-refractivity contribution in [2.24, 2.45) is 0 Å². The maximum atomic E-state index is 9.50. The van der Waals surface area contributed by atoms with Crippen LogP contribution >= 0.6 is 11.6 Å². The van der Waals surface area contributed by atoms with Gasteiger partial charge in [-0.1, -0.05) is 42.8 Å². The summed E-state index contributed by atoms with van der Waals surface area (Å²) < 4.78 is 0. The smallest absolute Gasteiger partial charge is 0.159 e. The van der Waals surface area contributed by atoms with Crippen LogP contribution in [0.3, 0.4) is 0 Å². The molecule has 1 heterocycles. The van der Waals surface area contributed by atoms with Gasteiger partial charge in [0.2, 0.25) is 0 Å². The summed E-state index contributed by atoms with van der Waals surface area (Å²) in [5.74, 6) is 0.707. The number of aliphatic hydroxyl groups is 1. The molecule has 2 rings (SSSR count). The quantitative estimate of drug-likeness (QED) is 0.873. The summed E-state index contributed by atoms with van der Waals surface area (Å²) in [6.07, 6.45) is 1.17. The number of aromatic nitrogens is 2. The van der Waals surface area contributed by atoms with E-state index >= 15 is 0 Å². The molecule has 0 amide bonds. The van der Waals surface area contributed by atoms with Gasteiger partial charge in [0.15, 0.2) is 11.0 Å². The van der Waals surface area contributed by atoms with Crippen molar-refractivity contribution in [1.82, 2.24) is 10.2 Å². The third-order valence-corrected chi connectivity index (χ3v) is 3.16. The molecule has 0 aliphatic rings. The fourth-order valence-electron chi connectivity index (χ4n) is 1.76. The highest BCUT2D eigenvalue weighted by Gasteiger charge is 2.07. The number of hydrogen-bond donors (Lipinski definition) is 2. The fraction of sp³-hybridized carbons (Fsp3) is 0.385. The lowest BCUT2D eigenvalue weighted by Gasteiger charge is -2.10. The SMILES string of the molecule is CCC(O)CCNc1nnc(Cl)c2ccccc12. The molecule has 0 aliphatic heterocycles. The molecule has 0 bridgehead atoms. The maximum absolute atomic E-state index is 9.50. The Morgan fingerprint density at radius 1 is 1.28 bits per heavy atom. The monoisotopic (exact) mass is 265 g/mol. The second kappa shape index (κ2) is 5.98. The highest BCUT2D eigenvalue weighted by atomic mass is 35.5. The van der Waals surface area contributed by atoms with Crippen LogP contribution in [0.2, 0.25) is 5.15 Å². The van der Waals surface area contributed by atoms with Gasteiger partial charge in [0.05, 0.1) is 6.10 Å². The predicted octanol–water partition coefficient (Wildman–Crippen LogP) is 2.86. The van der Waals surface area contributed by atoms with E-state index in [-0.39, 0.29) is 6.10 Å². The lowest BCUT2D eigenvalue weighted by molar-refractivity contribution is 0.164. The third kappa shape index (κ3) is 2.89. The Balaban J connectivity index is 2.16. The van der Waals surface area contributed by atoms with Gasteiger partial charge >= 0.3 is 0 Å². The summed E-state index contributed by atoms with van der Waals surface area (Å²) in [6, 6.07) is 7.72. The molecule has 0 radical (unpaired) electrons. The number of halogens is 1. The van der Waals surface area contributed by atoms with Gasteiger partial charge in [0, 0.05) is 17.3 Å². The van der Waals surface area contributed by atoms with Gasteiger partial charge in [0.1, 0.15) is 0 Å². The Bertz CT molecular complexity index is 533. The van der Waals surface area contributed by atoms with Crippen molar-refractivity contribution in [1.29, 1.82) is 0 Å². The Labute approximate surface area is 111 Å². The summed E-state index contributed by atoms with van der Waals surface area (Å²) in [5, 5.41) is 22.9. The van der Waals surface area contributed by atoms with Crippen LogP contribution in [-0.4, -0.2) is 28.0 Å². The lowest BCUT2D eigenvalue weighted by atomic mass is 10.2. The standard InChI is InChI=1S/C13H16ClN3O/c1-2-9(18)7-8-15-13-11-6-4-3-5-10(11)12(14)16-17-13/h3-6,9,18H,2,7-8H2,1H3,(H,15,17). The molecule has 96 valence electrons. The van der Waals surface area contributed by atoms with Gasteiger partial charge in [-0.3, -0.25) is 0 Å².